The van der Waals surface area contributed by atoms with Gasteiger partial charge in [-0.1, -0.05) is 6.42 Å². The van der Waals surface area contributed by atoms with Crippen molar-refractivity contribution in [3.05, 3.63) is 41.5 Å². The number of hydrogen-bond acceptors (Lipinski definition) is 5. The standard InChI is InChI=1S/C25H30F2N6/c1-4-28-23-15(2)12-17(13-20(23)26)19-8-11-33-24(19)16(3)29-25(31-33)30-22-9-10-32(14-21(22)27)18-6-5-7-18/h4,8,11-13,18,21-22H,5-7,9-10,14H2,1-3H3,(H,30,31)/t21-,22?/m0/s1. The average Bonchev–Trinajstić information content (AvgIpc) is 3.16. The predicted octanol–water partition coefficient (Wildman–Crippen LogP) is 5.25. The van der Waals surface area contributed by atoms with E-state index in [4.69, 9.17) is 0 Å². The van der Waals surface area contributed by atoms with Crippen LogP contribution >= 0.6 is 0 Å². The van der Waals surface area contributed by atoms with Crippen LogP contribution in [0, 0.1) is 19.7 Å². The normalized spacial score (nSPS) is 22.2. The van der Waals surface area contributed by atoms with Crippen molar-refractivity contribution in [2.24, 2.45) is 4.99 Å². The van der Waals surface area contributed by atoms with Crippen LogP contribution in [0.15, 0.2) is 29.4 Å². The van der Waals surface area contributed by atoms with Crippen molar-refractivity contribution in [3.8, 4) is 11.1 Å². The van der Waals surface area contributed by atoms with E-state index < -0.39 is 6.17 Å². The minimum Gasteiger partial charge on any atom is -0.347 e. The largest absolute Gasteiger partial charge is 0.347 e. The highest BCUT2D eigenvalue weighted by molar-refractivity contribution is 5.84. The maximum absolute atomic E-state index is 14.9. The Kier molecular flexibility index (Phi) is 5.86. The lowest BCUT2D eigenvalue weighted by Gasteiger charge is -2.43. The monoisotopic (exact) mass is 452 g/mol. The van der Waals surface area contributed by atoms with Gasteiger partial charge in [-0.3, -0.25) is 9.89 Å². The Bertz CT molecular complexity index is 1180. The van der Waals surface area contributed by atoms with E-state index in [9.17, 15) is 8.78 Å². The first-order chi connectivity index (χ1) is 15.9. The molecule has 1 aliphatic carbocycles. The van der Waals surface area contributed by atoms with E-state index in [2.05, 4.69) is 25.3 Å². The molecule has 1 saturated heterocycles. The zero-order chi connectivity index (χ0) is 23.1. The summed E-state index contributed by atoms with van der Waals surface area (Å²) in [6, 6.07) is 5.60. The second-order valence-corrected chi connectivity index (χ2v) is 9.19. The number of aliphatic imine (C=N–C) groups is 1. The number of nitrogens with one attached hydrogen (secondary N) is 1. The minimum absolute atomic E-state index is 0.295. The Morgan fingerprint density at radius 2 is 2.03 bits per heavy atom. The molecule has 0 amide bonds. The van der Waals surface area contributed by atoms with Crippen LogP contribution in [0.2, 0.25) is 0 Å². The van der Waals surface area contributed by atoms with E-state index in [0.29, 0.717) is 24.2 Å². The number of rotatable bonds is 5. The molecule has 1 aliphatic heterocycles. The molecule has 2 atom stereocenters. The summed E-state index contributed by atoms with van der Waals surface area (Å²) in [6.07, 6.45) is 6.85. The lowest BCUT2D eigenvalue weighted by molar-refractivity contribution is 0.0552. The molecule has 6 nitrogen and oxygen atoms in total. The molecule has 174 valence electrons. The molecule has 8 heteroatoms. The molecule has 3 heterocycles. The molecular formula is C25H30F2N6. The third kappa shape index (κ3) is 4.12. The van der Waals surface area contributed by atoms with Gasteiger partial charge in [-0.25, -0.2) is 18.3 Å². The Morgan fingerprint density at radius 3 is 2.70 bits per heavy atom. The lowest BCUT2D eigenvalue weighted by Crippen LogP contribution is -2.53. The van der Waals surface area contributed by atoms with Gasteiger partial charge in [0.2, 0.25) is 5.95 Å². The van der Waals surface area contributed by atoms with Gasteiger partial charge in [-0.2, -0.15) is 0 Å². The fourth-order valence-corrected chi connectivity index (χ4v) is 5.02. The second-order valence-electron chi connectivity index (χ2n) is 9.19. The number of halogens is 2. The fourth-order valence-electron chi connectivity index (χ4n) is 5.02. The van der Waals surface area contributed by atoms with Gasteiger partial charge >= 0.3 is 0 Å². The van der Waals surface area contributed by atoms with E-state index >= 15 is 0 Å². The van der Waals surface area contributed by atoms with Crippen LogP contribution in [0.1, 0.15) is 43.9 Å². The Hall–Kier alpha value is -2.87. The van der Waals surface area contributed by atoms with Gasteiger partial charge < -0.3 is 5.32 Å². The minimum atomic E-state index is -0.950. The van der Waals surface area contributed by atoms with Crippen LogP contribution in [0.5, 0.6) is 0 Å². The maximum atomic E-state index is 14.9. The van der Waals surface area contributed by atoms with Gasteiger partial charge in [-0.05, 0) is 69.4 Å². The molecule has 3 aromatic rings. The molecule has 5 rings (SSSR count). The quantitative estimate of drug-likeness (QED) is 0.537. The number of benzene rings is 1. The van der Waals surface area contributed by atoms with Crippen molar-refractivity contribution in [2.45, 2.75) is 64.7 Å². The Balaban J connectivity index is 1.39. The molecule has 33 heavy (non-hydrogen) atoms. The SMILES string of the molecule is CC=Nc1c(C)cc(-c2ccn3nc(NC4CCN(C5CCC5)C[C@@H]4F)nc(C)c23)cc1F. The first-order valence-electron chi connectivity index (χ1n) is 11.7. The summed E-state index contributed by atoms with van der Waals surface area (Å²) < 4.78 is 31.3. The van der Waals surface area contributed by atoms with Crippen molar-refractivity contribution >= 4 is 23.4 Å². The van der Waals surface area contributed by atoms with E-state index in [0.717, 1.165) is 40.9 Å². The number of likely N-dealkylation sites (tertiary alicyclic amines) is 1. The average molecular weight is 453 g/mol. The molecule has 1 unspecified atom stereocenters. The highest BCUT2D eigenvalue weighted by atomic mass is 19.1. The lowest BCUT2D eigenvalue weighted by atomic mass is 9.89. The van der Waals surface area contributed by atoms with E-state index in [1.165, 1.54) is 25.3 Å². The van der Waals surface area contributed by atoms with Crippen molar-refractivity contribution in [2.75, 3.05) is 18.4 Å². The first-order valence-corrected chi connectivity index (χ1v) is 11.7. The molecule has 1 saturated carbocycles. The summed E-state index contributed by atoms with van der Waals surface area (Å²) in [7, 11) is 0. The number of nitrogens with zero attached hydrogens (tertiary/aromatic N) is 5. The molecule has 1 aromatic carbocycles. The predicted molar refractivity (Wildman–Crippen MR) is 128 cm³/mol. The van der Waals surface area contributed by atoms with Crippen LogP contribution in [-0.4, -0.2) is 57.1 Å². The number of anilines is 1. The molecular weight excluding hydrogens is 422 g/mol. The fraction of sp³-hybridized carbons (Fsp3) is 0.480. The number of hydrogen-bond donors (Lipinski definition) is 1. The Morgan fingerprint density at radius 1 is 1.21 bits per heavy atom. The third-order valence-corrected chi connectivity index (χ3v) is 6.99. The van der Waals surface area contributed by atoms with E-state index in [-0.39, 0.29) is 11.9 Å². The van der Waals surface area contributed by atoms with Crippen LogP contribution < -0.4 is 5.32 Å². The van der Waals surface area contributed by atoms with Crippen molar-refractivity contribution in [1.29, 1.82) is 0 Å². The van der Waals surface area contributed by atoms with Gasteiger partial charge in [0.25, 0.3) is 0 Å². The van der Waals surface area contributed by atoms with E-state index in [1.54, 1.807) is 17.7 Å². The van der Waals surface area contributed by atoms with Gasteiger partial charge in [0.1, 0.15) is 17.7 Å². The number of alkyl halides is 1. The van der Waals surface area contributed by atoms with Gasteiger partial charge in [0, 0.05) is 37.1 Å². The zero-order valence-electron chi connectivity index (χ0n) is 19.4. The highest BCUT2D eigenvalue weighted by Crippen LogP contribution is 2.33. The van der Waals surface area contributed by atoms with Crippen LogP contribution in [0.25, 0.3) is 16.6 Å². The zero-order valence-corrected chi connectivity index (χ0v) is 19.4. The van der Waals surface area contributed by atoms with Crippen molar-refractivity contribution in [3.63, 3.8) is 0 Å². The van der Waals surface area contributed by atoms with Crippen molar-refractivity contribution in [1.82, 2.24) is 19.5 Å². The van der Waals surface area contributed by atoms with Crippen LogP contribution in [-0.2, 0) is 0 Å². The number of aromatic nitrogens is 3. The van der Waals surface area contributed by atoms with Gasteiger partial charge in [-0.15, -0.1) is 5.10 Å². The first kappa shape index (κ1) is 21.9. The number of aryl methyl sites for hydroxylation is 2. The number of piperidine rings is 1. The summed E-state index contributed by atoms with van der Waals surface area (Å²) in [5.41, 5.74) is 4.29. The van der Waals surface area contributed by atoms with Gasteiger partial charge in [0.15, 0.2) is 0 Å². The smallest absolute Gasteiger partial charge is 0.241 e. The number of fused-ring (bicyclic) bond motifs is 1. The summed E-state index contributed by atoms with van der Waals surface area (Å²) >= 11 is 0. The molecule has 0 radical (unpaired) electrons. The van der Waals surface area contributed by atoms with Crippen LogP contribution in [0.4, 0.5) is 20.4 Å². The Labute approximate surface area is 192 Å². The molecule has 2 aromatic heterocycles. The van der Waals surface area contributed by atoms with Crippen molar-refractivity contribution < 1.29 is 8.78 Å². The molecule has 0 spiro atoms. The molecule has 1 N–H and O–H groups in total. The topological polar surface area (TPSA) is 57.8 Å². The summed E-state index contributed by atoms with van der Waals surface area (Å²) in [4.78, 5) is 11.0. The van der Waals surface area contributed by atoms with E-state index in [1.807, 2.05) is 32.2 Å². The molecule has 2 fully saturated rings. The van der Waals surface area contributed by atoms with Gasteiger partial charge in [0.05, 0.1) is 17.3 Å². The summed E-state index contributed by atoms with van der Waals surface area (Å²) in [5, 5.41) is 7.81. The molecule has 2 aliphatic rings. The maximum Gasteiger partial charge on any atom is 0.241 e. The molecule has 0 bridgehead atoms. The van der Waals surface area contributed by atoms with Crippen LogP contribution in [0.3, 0.4) is 0 Å². The summed E-state index contributed by atoms with van der Waals surface area (Å²) in [6.45, 7) is 6.89. The summed E-state index contributed by atoms with van der Waals surface area (Å²) in [5.74, 6) is 0.0587. The second kappa shape index (κ2) is 8.82. The third-order valence-electron chi connectivity index (χ3n) is 6.99. The highest BCUT2D eigenvalue weighted by Gasteiger charge is 2.35.